The SMILES string of the molecule is Nc1ccc(-n2cnc(C(F)(F)F)cc2=O)cc1. The van der Waals surface area contributed by atoms with Crippen LogP contribution in [0.15, 0.2) is 41.5 Å². The molecule has 94 valence electrons. The molecule has 0 spiro atoms. The van der Waals surface area contributed by atoms with Crippen molar-refractivity contribution in [2.45, 2.75) is 6.18 Å². The lowest BCUT2D eigenvalue weighted by molar-refractivity contribution is -0.141. The van der Waals surface area contributed by atoms with Crippen LogP contribution in [0, 0.1) is 0 Å². The van der Waals surface area contributed by atoms with Crippen molar-refractivity contribution in [3.8, 4) is 5.69 Å². The maximum atomic E-state index is 12.3. The lowest BCUT2D eigenvalue weighted by atomic mass is 10.3. The van der Waals surface area contributed by atoms with Crippen molar-refractivity contribution < 1.29 is 13.2 Å². The largest absolute Gasteiger partial charge is 0.433 e. The summed E-state index contributed by atoms with van der Waals surface area (Å²) in [6, 6.07) is 6.58. The summed E-state index contributed by atoms with van der Waals surface area (Å²) in [6.45, 7) is 0. The molecule has 1 heterocycles. The smallest absolute Gasteiger partial charge is 0.399 e. The van der Waals surface area contributed by atoms with E-state index in [0.29, 0.717) is 17.4 Å². The van der Waals surface area contributed by atoms with Crippen LogP contribution in [-0.2, 0) is 6.18 Å². The van der Waals surface area contributed by atoms with E-state index in [1.807, 2.05) is 0 Å². The van der Waals surface area contributed by atoms with Crippen LogP contribution in [-0.4, -0.2) is 9.55 Å². The van der Waals surface area contributed by atoms with Crippen LogP contribution in [0.2, 0.25) is 0 Å². The van der Waals surface area contributed by atoms with Gasteiger partial charge < -0.3 is 5.73 Å². The number of halogens is 3. The normalized spacial score (nSPS) is 11.5. The van der Waals surface area contributed by atoms with E-state index in [9.17, 15) is 18.0 Å². The summed E-state index contributed by atoms with van der Waals surface area (Å²) in [4.78, 5) is 14.8. The summed E-state index contributed by atoms with van der Waals surface area (Å²) in [6.07, 6.45) is -3.78. The van der Waals surface area contributed by atoms with Gasteiger partial charge in [-0.2, -0.15) is 13.2 Å². The van der Waals surface area contributed by atoms with Gasteiger partial charge in [-0.25, -0.2) is 4.98 Å². The van der Waals surface area contributed by atoms with Gasteiger partial charge in [-0.3, -0.25) is 9.36 Å². The van der Waals surface area contributed by atoms with E-state index in [2.05, 4.69) is 4.98 Å². The first-order valence-electron chi connectivity index (χ1n) is 4.90. The first kappa shape index (κ1) is 12.2. The Balaban J connectivity index is 2.48. The molecule has 4 nitrogen and oxygen atoms in total. The number of aromatic nitrogens is 2. The molecule has 0 aliphatic heterocycles. The van der Waals surface area contributed by atoms with Crippen molar-refractivity contribution >= 4 is 5.69 Å². The van der Waals surface area contributed by atoms with Gasteiger partial charge in [0.15, 0.2) is 5.69 Å². The van der Waals surface area contributed by atoms with Gasteiger partial charge in [0.05, 0.1) is 5.69 Å². The Morgan fingerprint density at radius 1 is 1.17 bits per heavy atom. The van der Waals surface area contributed by atoms with Crippen molar-refractivity contribution in [2.75, 3.05) is 5.73 Å². The van der Waals surface area contributed by atoms with Crippen molar-refractivity contribution in [1.29, 1.82) is 0 Å². The lowest BCUT2D eigenvalue weighted by Gasteiger charge is -2.08. The number of alkyl halides is 3. The van der Waals surface area contributed by atoms with Crippen LogP contribution in [0.5, 0.6) is 0 Å². The number of nitrogens with zero attached hydrogens (tertiary/aromatic N) is 2. The second-order valence-electron chi connectivity index (χ2n) is 3.57. The summed E-state index contributed by atoms with van der Waals surface area (Å²) in [7, 11) is 0. The van der Waals surface area contributed by atoms with Crippen molar-refractivity contribution in [3.63, 3.8) is 0 Å². The predicted molar refractivity (Wildman–Crippen MR) is 59.2 cm³/mol. The highest BCUT2D eigenvalue weighted by molar-refractivity contribution is 5.44. The van der Waals surface area contributed by atoms with E-state index in [1.165, 1.54) is 12.1 Å². The highest BCUT2D eigenvalue weighted by Gasteiger charge is 2.33. The summed E-state index contributed by atoms with van der Waals surface area (Å²) >= 11 is 0. The monoisotopic (exact) mass is 255 g/mol. The van der Waals surface area contributed by atoms with E-state index >= 15 is 0 Å². The molecule has 0 bridgehead atoms. The van der Waals surface area contributed by atoms with Gasteiger partial charge in [0.25, 0.3) is 5.56 Å². The zero-order valence-electron chi connectivity index (χ0n) is 8.98. The second kappa shape index (κ2) is 4.17. The van der Waals surface area contributed by atoms with Crippen LogP contribution >= 0.6 is 0 Å². The number of nitrogens with two attached hydrogens (primary N) is 1. The molecule has 0 unspecified atom stereocenters. The first-order chi connectivity index (χ1) is 8.38. The summed E-state index contributed by atoms with van der Waals surface area (Å²) in [5.74, 6) is 0. The van der Waals surface area contributed by atoms with Gasteiger partial charge in [0.1, 0.15) is 6.33 Å². The molecule has 1 aromatic carbocycles. The van der Waals surface area contributed by atoms with Gasteiger partial charge >= 0.3 is 6.18 Å². The molecular weight excluding hydrogens is 247 g/mol. The standard InChI is InChI=1S/C11H8F3N3O/c12-11(13,14)9-5-10(18)17(6-16-9)8-3-1-7(15)2-4-8/h1-6H,15H2. The highest BCUT2D eigenvalue weighted by atomic mass is 19.4. The number of nitrogen functional groups attached to an aromatic ring is 1. The third kappa shape index (κ3) is 2.34. The lowest BCUT2D eigenvalue weighted by Crippen LogP contribution is -2.22. The molecular formula is C11H8F3N3O. The van der Waals surface area contributed by atoms with Crippen LogP contribution in [0.1, 0.15) is 5.69 Å². The second-order valence-corrected chi connectivity index (χ2v) is 3.57. The molecule has 0 saturated heterocycles. The number of benzene rings is 1. The average Bonchev–Trinajstić information content (AvgIpc) is 2.29. The minimum absolute atomic E-state index is 0.399. The van der Waals surface area contributed by atoms with E-state index in [1.54, 1.807) is 12.1 Å². The minimum atomic E-state index is -4.63. The van der Waals surface area contributed by atoms with Gasteiger partial charge in [0, 0.05) is 11.8 Å². The molecule has 0 fully saturated rings. The molecule has 0 saturated carbocycles. The Morgan fingerprint density at radius 3 is 2.28 bits per heavy atom. The Morgan fingerprint density at radius 2 is 1.78 bits per heavy atom. The van der Waals surface area contributed by atoms with E-state index in [-0.39, 0.29) is 0 Å². The van der Waals surface area contributed by atoms with Crippen molar-refractivity contribution in [3.05, 3.63) is 52.7 Å². The third-order valence-corrected chi connectivity index (χ3v) is 2.27. The van der Waals surface area contributed by atoms with E-state index in [0.717, 1.165) is 10.9 Å². The molecule has 0 atom stereocenters. The fraction of sp³-hybridized carbons (Fsp3) is 0.0909. The molecule has 1 aromatic heterocycles. The molecule has 0 radical (unpaired) electrons. The molecule has 2 aromatic rings. The van der Waals surface area contributed by atoms with Gasteiger partial charge in [-0.1, -0.05) is 0 Å². The van der Waals surface area contributed by atoms with Crippen LogP contribution in [0.25, 0.3) is 5.69 Å². The number of hydrogen-bond acceptors (Lipinski definition) is 3. The van der Waals surface area contributed by atoms with Crippen molar-refractivity contribution in [2.24, 2.45) is 0 Å². The summed E-state index contributed by atoms with van der Waals surface area (Å²) in [5.41, 5.74) is 4.35. The van der Waals surface area contributed by atoms with Crippen LogP contribution in [0.4, 0.5) is 18.9 Å². The minimum Gasteiger partial charge on any atom is -0.399 e. The molecule has 2 rings (SSSR count). The molecule has 0 amide bonds. The zero-order valence-corrected chi connectivity index (χ0v) is 8.98. The molecule has 7 heteroatoms. The fourth-order valence-electron chi connectivity index (χ4n) is 1.38. The third-order valence-electron chi connectivity index (χ3n) is 2.27. The Hall–Kier alpha value is -2.31. The summed E-state index contributed by atoms with van der Waals surface area (Å²) in [5, 5.41) is 0. The summed E-state index contributed by atoms with van der Waals surface area (Å²) < 4.78 is 38.0. The molecule has 2 N–H and O–H groups in total. The van der Waals surface area contributed by atoms with E-state index in [4.69, 9.17) is 5.73 Å². The number of hydrogen-bond donors (Lipinski definition) is 1. The van der Waals surface area contributed by atoms with E-state index < -0.39 is 17.4 Å². The van der Waals surface area contributed by atoms with Crippen molar-refractivity contribution in [1.82, 2.24) is 9.55 Å². The predicted octanol–water partition coefficient (Wildman–Crippen LogP) is 1.83. The maximum Gasteiger partial charge on any atom is 0.433 e. The maximum absolute atomic E-state index is 12.3. The Labute approximate surface area is 99.5 Å². The Bertz CT molecular complexity index is 617. The van der Waals surface area contributed by atoms with Gasteiger partial charge in [-0.15, -0.1) is 0 Å². The molecule has 0 aliphatic carbocycles. The van der Waals surface area contributed by atoms with Gasteiger partial charge in [0.2, 0.25) is 0 Å². The Kier molecular flexibility index (Phi) is 2.82. The highest BCUT2D eigenvalue weighted by Crippen LogP contribution is 2.26. The van der Waals surface area contributed by atoms with Gasteiger partial charge in [-0.05, 0) is 24.3 Å². The first-order valence-corrected chi connectivity index (χ1v) is 4.90. The molecule has 0 aliphatic rings. The fourth-order valence-corrected chi connectivity index (χ4v) is 1.38. The number of rotatable bonds is 1. The number of anilines is 1. The van der Waals surface area contributed by atoms with Crippen LogP contribution in [0.3, 0.4) is 0 Å². The molecule has 18 heavy (non-hydrogen) atoms. The average molecular weight is 255 g/mol. The topological polar surface area (TPSA) is 60.9 Å². The zero-order chi connectivity index (χ0) is 13.3. The quantitative estimate of drug-likeness (QED) is 0.791. The van der Waals surface area contributed by atoms with Crippen LogP contribution < -0.4 is 11.3 Å².